The summed E-state index contributed by atoms with van der Waals surface area (Å²) in [6.07, 6.45) is 0.658. The summed E-state index contributed by atoms with van der Waals surface area (Å²) in [6, 6.07) is 5.70. The van der Waals surface area contributed by atoms with E-state index < -0.39 is 30.3 Å². The first-order valence-electron chi connectivity index (χ1n) is 10.5. The lowest BCUT2D eigenvalue weighted by Crippen LogP contribution is -2.62. The van der Waals surface area contributed by atoms with Crippen molar-refractivity contribution in [3.8, 4) is 5.75 Å². The van der Waals surface area contributed by atoms with Gasteiger partial charge in [-0.3, -0.25) is 9.69 Å². The minimum absolute atomic E-state index is 0.228. The Hall–Kier alpha value is -1.71. The number of aliphatic hydroxyl groups is 4. The van der Waals surface area contributed by atoms with Crippen molar-refractivity contribution >= 4 is 5.97 Å². The Balaban J connectivity index is 0.00000103. The van der Waals surface area contributed by atoms with Gasteiger partial charge in [-0.2, -0.15) is 0 Å². The molecule has 4 atom stereocenters. The molecule has 0 unspecified atom stereocenters. The SMILES string of the molecule is CC(=O)O.Cc1ccc(C)c(OCCCCCCN2C[C@H](O)[C@@H](O)[C@H](O)[C@H]2CO)c1. The van der Waals surface area contributed by atoms with Crippen molar-refractivity contribution in [3.05, 3.63) is 29.3 Å². The third-order valence-electron chi connectivity index (χ3n) is 5.16. The van der Waals surface area contributed by atoms with Crippen LogP contribution < -0.4 is 4.74 Å². The summed E-state index contributed by atoms with van der Waals surface area (Å²) < 4.78 is 5.85. The molecular weight excluding hydrogens is 390 g/mol. The number of unbranched alkanes of at least 4 members (excludes halogenated alkanes) is 3. The molecule has 1 aliphatic heterocycles. The van der Waals surface area contributed by atoms with E-state index in [1.165, 1.54) is 5.56 Å². The summed E-state index contributed by atoms with van der Waals surface area (Å²) in [4.78, 5) is 10.9. The van der Waals surface area contributed by atoms with E-state index in [0.717, 1.165) is 43.9 Å². The summed E-state index contributed by atoms with van der Waals surface area (Å²) in [5.74, 6) is 0.116. The lowest BCUT2D eigenvalue weighted by atomic mass is 9.94. The maximum absolute atomic E-state index is 9.97. The zero-order valence-corrected chi connectivity index (χ0v) is 18.2. The largest absolute Gasteiger partial charge is 0.493 e. The number of carbonyl (C=O) groups is 1. The van der Waals surface area contributed by atoms with E-state index in [4.69, 9.17) is 14.6 Å². The Bertz CT molecular complexity index is 636. The highest BCUT2D eigenvalue weighted by Gasteiger charge is 2.40. The smallest absolute Gasteiger partial charge is 0.300 e. The van der Waals surface area contributed by atoms with Gasteiger partial charge in [-0.05, 0) is 50.4 Å². The van der Waals surface area contributed by atoms with E-state index in [-0.39, 0.29) is 13.2 Å². The van der Waals surface area contributed by atoms with Crippen LogP contribution in [0.5, 0.6) is 5.75 Å². The molecule has 0 radical (unpaired) electrons. The lowest BCUT2D eigenvalue weighted by Gasteiger charge is -2.43. The molecule has 0 spiro atoms. The number of carboxylic acids is 1. The van der Waals surface area contributed by atoms with Crippen LogP contribution >= 0.6 is 0 Å². The van der Waals surface area contributed by atoms with Crippen LogP contribution in [0.15, 0.2) is 18.2 Å². The van der Waals surface area contributed by atoms with E-state index in [2.05, 4.69) is 25.1 Å². The minimum Gasteiger partial charge on any atom is -0.493 e. The van der Waals surface area contributed by atoms with Gasteiger partial charge in [0.2, 0.25) is 0 Å². The Morgan fingerprint density at radius 2 is 1.73 bits per heavy atom. The number of ether oxygens (including phenoxy) is 1. The number of rotatable bonds is 9. The molecule has 0 saturated carbocycles. The number of β-amino-alcohol motifs (C(OH)–C–C–N with tert-alkyl or cyclic N) is 1. The summed E-state index contributed by atoms with van der Waals surface area (Å²) in [5.41, 5.74) is 2.34. The Kier molecular flexibility index (Phi) is 11.9. The van der Waals surface area contributed by atoms with Gasteiger partial charge in [0.05, 0.1) is 25.4 Å². The number of piperidine rings is 1. The second-order valence-electron chi connectivity index (χ2n) is 7.84. The highest BCUT2D eigenvalue weighted by Crippen LogP contribution is 2.21. The number of hydrogen-bond donors (Lipinski definition) is 5. The molecule has 30 heavy (non-hydrogen) atoms. The van der Waals surface area contributed by atoms with E-state index in [1.807, 2.05) is 11.8 Å². The number of nitrogens with zero attached hydrogens (tertiary/aromatic N) is 1. The van der Waals surface area contributed by atoms with Crippen molar-refractivity contribution in [2.75, 3.05) is 26.3 Å². The van der Waals surface area contributed by atoms with Crippen LogP contribution in [-0.4, -0.2) is 87.1 Å². The van der Waals surface area contributed by atoms with Gasteiger partial charge < -0.3 is 30.3 Å². The molecule has 2 rings (SSSR count). The Morgan fingerprint density at radius 3 is 2.37 bits per heavy atom. The predicted molar refractivity (Wildman–Crippen MR) is 114 cm³/mol. The molecule has 0 aliphatic carbocycles. The molecule has 1 aromatic carbocycles. The zero-order valence-electron chi connectivity index (χ0n) is 18.2. The molecule has 8 nitrogen and oxygen atoms in total. The first-order chi connectivity index (χ1) is 14.2. The summed E-state index contributed by atoms with van der Waals surface area (Å²) in [6.45, 7) is 6.61. The van der Waals surface area contributed by atoms with E-state index in [0.29, 0.717) is 13.2 Å². The van der Waals surface area contributed by atoms with Crippen LogP contribution in [0, 0.1) is 13.8 Å². The quantitative estimate of drug-likeness (QED) is 0.370. The van der Waals surface area contributed by atoms with Gasteiger partial charge in [-0.15, -0.1) is 0 Å². The fraction of sp³-hybridized carbons (Fsp3) is 0.682. The maximum atomic E-state index is 9.97. The number of aliphatic carboxylic acids is 1. The van der Waals surface area contributed by atoms with Gasteiger partial charge in [0.1, 0.15) is 18.0 Å². The standard InChI is InChI=1S/C20H33NO5.C2H4O2/c1-14-7-8-15(2)18(11-14)26-10-6-4-3-5-9-21-12-17(23)20(25)19(24)16(21)13-22;1-2(3)4/h7-8,11,16-17,19-20,22-25H,3-6,9-10,12-13H2,1-2H3;1H3,(H,3,4)/t16-,17+,19-,20-;/m1./s1. The summed E-state index contributed by atoms with van der Waals surface area (Å²) in [5, 5.41) is 46.4. The first-order valence-corrected chi connectivity index (χ1v) is 10.5. The predicted octanol–water partition coefficient (Wildman–Crippen LogP) is 1.09. The second-order valence-corrected chi connectivity index (χ2v) is 7.84. The number of benzene rings is 1. The molecule has 1 saturated heterocycles. The number of hydrogen-bond acceptors (Lipinski definition) is 7. The zero-order chi connectivity index (χ0) is 22.7. The molecule has 5 N–H and O–H groups in total. The normalized spacial score (nSPS) is 24.1. The molecule has 0 amide bonds. The molecule has 172 valence electrons. The number of aliphatic hydroxyl groups excluding tert-OH is 4. The lowest BCUT2D eigenvalue weighted by molar-refractivity contribution is -0.145. The number of carboxylic acid groups (broad SMARTS) is 1. The van der Waals surface area contributed by atoms with Gasteiger partial charge in [0.25, 0.3) is 5.97 Å². The first kappa shape index (κ1) is 26.3. The highest BCUT2D eigenvalue weighted by molar-refractivity contribution is 5.62. The second kappa shape index (κ2) is 13.6. The van der Waals surface area contributed by atoms with Crippen LogP contribution in [0.3, 0.4) is 0 Å². The molecule has 1 aliphatic rings. The van der Waals surface area contributed by atoms with E-state index in [9.17, 15) is 20.4 Å². The summed E-state index contributed by atoms with van der Waals surface area (Å²) in [7, 11) is 0. The molecule has 1 fully saturated rings. The van der Waals surface area contributed by atoms with Gasteiger partial charge in [-0.25, -0.2) is 0 Å². The van der Waals surface area contributed by atoms with Crippen molar-refractivity contribution in [2.24, 2.45) is 0 Å². The maximum Gasteiger partial charge on any atom is 0.300 e. The highest BCUT2D eigenvalue weighted by atomic mass is 16.5. The number of likely N-dealkylation sites (tertiary alicyclic amines) is 1. The summed E-state index contributed by atoms with van der Waals surface area (Å²) >= 11 is 0. The average molecular weight is 428 g/mol. The van der Waals surface area contributed by atoms with E-state index >= 15 is 0 Å². The van der Waals surface area contributed by atoms with Crippen LogP contribution in [0.1, 0.15) is 43.7 Å². The van der Waals surface area contributed by atoms with Gasteiger partial charge in [0, 0.05) is 13.5 Å². The topological polar surface area (TPSA) is 131 Å². The van der Waals surface area contributed by atoms with Crippen molar-refractivity contribution in [1.29, 1.82) is 0 Å². The Morgan fingerprint density at radius 1 is 1.10 bits per heavy atom. The van der Waals surface area contributed by atoms with Crippen molar-refractivity contribution in [1.82, 2.24) is 4.90 Å². The molecule has 1 aromatic rings. The van der Waals surface area contributed by atoms with Crippen LogP contribution in [0.4, 0.5) is 0 Å². The van der Waals surface area contributed by atoms with Gasteiger partial charge in [0.15, 0.2) is 0 Å². The van der Waals surface area contributed by atoms with Crippen LogP contribution in [-0.2, 0) is 4.79 Å². The third kappa shape index (κ3) is 8.97. The fourth-order valence-electron chi connectivity index (χ4n) is 3.45. The average Bonchev–Trinajstić information content (AvgIpc) is 2.67. The van der Waals surface area contributed by atoms with Crippen LogP contribution in [0.2, 0.25) is 0 Å². The Labute approximate surface area is 178 Å². The van der Waals surface area contributed by atoms with Crippen molar-refractivity contribution < 1.29 is 35.1 Å². The molecule has 0 bridgehead atoms. The van der Waals surface area contributed by atoms with Crippen molar-refractivity contribution in [2.45, 2.75) is 70.8 Å². The fourth-order valence-corrected chi connectivity index (χ4v) is 3.45. The van der Waals surface area contributed by atoms with Crippen LogP contribution in [0.25, 0.3) is 0 Å². The molecule has 8 heteroatoms. The monoisotopic (exact) mass is 427 g/mol. The molecule has 1 heterocycles. The third-order valence-corrected chi connectivity index (χ3v) is 5.16. The van der Waals surface area contributed by atoms with Crippen molar-refractivity contribution in [3.63, 3.8) is 0 Å². The van der Waals surface area contributed by atoms with Gasteiger partial charge in [-0.1, -0.05) is 25.0 Å². The molecular formula is C22H37NO7. The van der Waals surface area contributed by atoms with Gasteiger partial charge >= 0.3 is 0 Å². The van der Waals surface area contributed by atoms with E-state index in [1.54, 1.807) is 0 Å². The molecule has 0 aromatic heterocycles. The number of aryl methyl sites for hydroxylation is 2. The minimum atomic E-state index is -1.19.